The first-order valence-corrected chi connectivity index (χ1v) is 10.6. The largest absolute Gasteiger partial charge is 0.423 e. The number of nitrogens with one attached hydrogen (secondary N) is 1. The maximum atomic E-state index is 12.6. The van der Waals surface area contributed by atoms with Crippen LogP contribution >= 0.6 is 0 Å². The van der Waals surface area contributed by atoms with E-state index in [2.05, 4.69) is 27.3 Å². The highest BCUT2D eigenvalue weighted by Gasteiger charge is 2.11. The van der Waals surface area contributed by atoms with Gasteiger partial charge in [-0.15, -0.1) is 10.2 Å². The van der Waals surface area contributed by atoms with Gasteiger partial charge in [-0.1, -0.05) is 42.5 Å². The number of carbonyl (C=O) groups excluding carboxylic acids is 1. The molecule has 2 aromatic heterocycles. The summed E-state index contributed by atoms with van der Waals surface area (Å²) in [7, 11) is 0. The van der Waals surface area contributed by atoms with Crippen molar-refractivity contribution in [2.24, 2.45) is 0 Å². The lowest BCUT2D eigenvalue weighted by molar-refractivity contribution is 0.0735. The molecule has 0 saturated heterocycles. The van der Waals surface area contributed by atoms with E-state index in [0.29, 0.717) is 11.3 Å². The number of hydrogen-bond acceptors (Lipinski definition) is 4. The van der Waals surface area contributed by atoms with Crippen LogP contribution in [0.4, 0.5) is 0 Å². The number of rotatable bonds is 4. The zero-order valence-corrected chi connectivity index (χ0v) is 17.5. The lowest BCUT2D eigenvalue weighted by atomic mass is 10.1. The molecule has 0 bridgehead atoms. The number of aromatic nitrogens is 4. The van der Waals surface area contributed by atoms with Gasteiger partial charge in [-0.25, -0.2) is 4.79 Å². The molecule has 6 heteroatoms. The van der Waals surface area contributed by atoms with Gasteiger partial charge >= 0.3 is 5.97 Å². The molecule has 0 radical (unpaired) electrons. The highest BCUT2D eigenvalue weighted by Crippen LogP contribution is 2.25. The van der Waals surface area contributed by atoms with Gasteiger partial charge in [0.15, 0.2) is 0 Å². The van der Waals surface area contributed by atoms with Gasteiger partial charge in [0.05, 0.1) is 11.3 Å². The van der Waals surface area contributed by atoms with E-state index in [0.717, 1.165) is 38.9 Å². The topological polar surface area (TPSA) is 72.8 Å². The molecule has 0 aliphatic carbocycles. The molecule has 0 aliphatic rings. The highest BCUT2D eigenvalue weighted by atomic mass is 16.5. The van der Waals surface area contributed by atoms with Crippen molar-refractivity contribution in [3.05, 3.63) is 109 Å². The second kappa shape index (κ2) is 7.76. The van der Waals surface area contributed by atoms with Gasteiger partial charge in [0.1, 0.15) is 16.8 Å². The molecule has 2 heterocycles. The Kier molecular flexibility index (Phi) is 4.47. The Morgan fingerprint density at radius 1 is 0.758 bits per heavy atom. The van der Waals surface area contributed by atoms with Crippen LogP contribution < -0.4 is 4.74 Å². The molecule has 0 spiro atoms. The number of aromatic amines is 1. The van der Waals surface area contributed by atoms with Crippen LogP contribution in [0.25, 0.3) is 38.9 Å². The van der Waals surface area contributed by atoms with Gasteiger partial charge < -0.3 is 9.72 Å². The molecule has 33 heavy (non-hydrogen) atoms. The molecule has 0 fully saturated rings. The second-order valence-corrected chi connectivity index (χ2v) is 7.71. The predicted molar refractivity (Wildman–Crippen MR) is 128 cm³/mol. The van der Waals surface area contributed by atoms with E-state index in [1.165, 1.54) is 0 Å². The smallest absolute Gasteiger partial charge is 0.343 e. The summed E-state index contributed by atoms with van der Waals surface area (Å²) in [6.45, 7) is 0. The van der Waals surface area contributed by atoms with E-state index in [1.54, 1.807) is 29.1 Å². The van der Waals surface area contributed by atoms with Gasteiger partial charge in [-0.3, -0.25) is 0 Å². The van der Waals surface area contributed by atoms with Gasteiger partial charge in [0.2, 0.25) is 0 Å². The summed E-state index contributed by atoms with van der Waals surface area (Å²) in [5.74, 6) is 0.0501. The number of carbonyl (C=O) groups is 1. The van der Waals surface area contributed by atoms with Crippen molar-refractivity contribution in [3.63, 3.8) is 0 Å². The van der Waals surface area contributed by atoms with E-state index < -0.39 is 5.97 Å². The normalized spacial score (nSPS) is 11.2. The van der Waals surface area contributed by atoms with Crippen molar-refractivity contribution < 1.29 is 9.53 Å². The Balaban J connectivity index is 1.17. The molecular formula is C27H18N4O2. The molecule has 0 saturated carbocycles. The Morgan fingerprint density at radius 3 is 2.12 bits per heavy atom. The van der Waals surface area contributed by atoms with Crippen molar-refractivity contribution in [1.29, 1.82) is 0 Å². The lowest BCUT2D eigenvalue weighted by Crippen LogP contribution is -2.08. The zero-order chi connectivity index (χ0) is 22.2. The van der Waals surface area contributed by atoms with Crippen molar-refractivity contribution in [3.8, 4) is 22.7 Å². The molecule has 6 aromatic rings. The minimum Gasteiger partial charge on any atom is -0.423 e. The van der Waals surface area contributed by atoms with E-state index in [9.17, 15) is 4.79 Å². The third kappa shape index (κ3) is 3.64. The van der Waals surface area contributed by atoms with Crippen LogP contribution in [-0.2, 0) is 0 Å². The number of H-pyrrole nitrogens is 1. The molecule has 0 amide bonds. The van der Waals surface area contributed by atoms with E-state index in [-0.39, 0.29) is 0 Å². The summed E-state index contributed by atoms with van der Waals surface area (Å²) >= 11 is 0. The number of ether oxygens (including phenoxy) is 1. The quantitative estimate of drug-likeness (QED) is 0.284. The minimum atomic E-state index is -0.408. The first-order chi connectivity index (χ1) is 16.2. The molecule has 158 valence electrons. The van der Waals surface area contributed by atoms with Crippen LogP contribution in [0.3, 0.4) is 0 Å². The number of hydrogen-bond donors (Lipinski definition) is 1. The molecule has 6 rings (SSSR count). The van der Waals surface area contributed by atoms with Crippen LogP contribution in [0.15, 0.2) is 103 Å². The zero-order valence-electron chi connectivity index (χ0n) is 17.5. The maximum absolute atomic E-state index is 12.6. The number of fused-ring (bicyclic) bond motifs is 2. The van der Waals surface area contributed by atoms with E-state index >= 15 is 0 Å². The van der Waals surface area contributed by atoms with Crippen LogP contribution in [0.2, 0.25) is 0 Å². The third-order valence-corrected chi connectivity index (χ3v) is 5.53. The summed E-state index contributed by atoms with van der Waals surface area (Å²) in [6.07, 6.45) is 0. The first kappa shape index (κ1) is 19.0. The van der Waals surface area contributed by atoms with Crippen molar-refractivity contribution >= 4 is 27.9 Å². The average molecular weight is 430 g/mol. The minimum absolute atomic E-state index is 0.408. The molecule has 4 aromatic carbocycles. The molecule has 6 nitrogen and oxygen atoms in total. The fourth-order valence-corrected chi connectivity index (χ4v) is 3.80. The Morgan fingerprint density at radius 2 is 1.42 bits per heavy atom. The fraction of sp³-hybridized carbons (Fsp3) is 0. The van der Waals surface area contributed by atoms with Crippen LogP contribution in [0.1, 0.15) is 10.4 Å². The second-order valence-electron chi connectivity index (χ2n) is 7.71. The van der Waals surface area contributed by atoms with Gasteiger partial charge in [0.25, 0.3) is 0 Å². The Labute approximate surface area is 189 Å². The number of nitrogens with zero attached hydrogens (tertiary/aromatic N) is 3. The summed E-state index contributed by atoms with van der Waals surface area (Å²) in [5.41, 5.74) is 6.01. The number of benzene rings is 4. The van der Waals surface area contributed by atoms with Crippen LogP contribution in [0.5, 0.6) is 5.75 Å². The molecule has 0 atom stereocenters. The highest BCUT2D eigenvalue weighted by molar-refractivity contribution is 5.92. The summed E-state index contributed by atoms with van der Waals surface area (Å²) in [5, 5.41) is 10.1. The van der Waals surface area contributed by atoms with Crippen molar-refractivity contribution in [2.45, 2.75) is 0 Å². The molecular weight excluding hydrogens is 412 g/mol. The SMILES string of the molecule is O=C(Oc1ccc(-n2nc3ccccc3n2)cc1)c1ccc(-c2cc3ccccc3[nH]2)cc1. The van der Waals surface area contributed by atoms with Crippen molar-refractivity contribution in [2.75, 3.05) is 0 Å². The molecule has 0 unspecified atom stereocenters. The first-order valence-electron chi connectivity index (χ1n) is 10.6. The lowest BCUT2D eigenvalue weighted by Gasteiger charge is -2.06. The molecule has 0 aliphatic heterocycles. The fourth-order valence-electron chi connectivity index (χ4n) is 3.80. The van der Waals surface area contributed by atoms with Crippen LogP contribution in [-0.4, -0.2) is 25.9 Å². The van der Waals surface area contributed by atoms with Crippen LogP contribution in [0, 0.1) is 0 Å². The van der Waals surface area contributed by atoms with Gasteiger partial charge in [0, 0.05) is 16.6 Å². The Hall–Kier alpha value is -4.71. The standard InChI is InChI=1S/C27H18N4O2/c32-27(19-11-9-18(10-12-19)26-17-20-5-1-2-6-23(20)28-26)33-22-15-13-21(14-16-22)31-29-24-7-3-4-8-25(24)30-31/h1-17,28H. The predicted octanol–water partition coefficient (Wildman–Crippen LogP) is 5.79. The third-order valence-electron chi connectivity index (χ3n) is 5.53. The van der Waals surface area contributed by atoms with E-state index in [1.807, 2.05) is 66.7 Å². The molecule has 1 N–H and O–H groups in total. The van der Waals surface area contributed by atoms with E-state index in [4.69, 9.17) is 4.74 Å². The summed E-state index contributed by atoms with van der Waals surface area (Å²) < 4.78 is 5.55. The summed E-state index contributed by atoms with van der Waals surface area (Å²) in [6, 6.07) is 32.4. The van der Waals surface area contributed by atoms with Gasteiger partial charge in [-0.05, 0) is 66.2 Å². The average Bonchev–Trinajstić information content (AvgIpc) is 3.49. The Bertz CT molecular complexity index is 1530. The number of para-hydroxylation sites is 1. The summed E-state index contributed by atoms with van der Waals surface area (Å²) in [4.78, 5) is 17.6. The van der Waals surface area contributed by atoms with Gasteiger partial charge in [-0.2, -0.15) is 4.80 Å². The number of esters is 1. The monoisotopic (exact) mass is 430 g/mol. The van der Waals surface area contributed by atoms with Crippen molar-refractivity contribution in [1.82, 2.24) is 20.0 Å². The maximum Gasteiger partial charge on any atom is 0.343 e.